The maximum Gasteiger partial charge on any atom is 0.358 e. The molecule has 0 atom stereocenters. The number of oxazole rings is 1. The lowest BCUT2D eigenvalue weighted by molar-refractivity contribution is -0.146. The molecule has 0 aliphatic carbocycles. The molecule has 0 bridgehead atoms. The van der Waals surface area contributed by atoms with Crippen molar-refractivity contribution in [3.05, 3.63) is 70.3 Å². The molecule has 1 aliphatic rings. The monoisotopic (exact) mass is 565 g/mol. The molecular formula is C26H23F4N3O5S. The summed E-state index contributed by atoms with van der Waals surface area (Å²) in [7, 11) is 1.14. The Hall–Kier alpha value is -4.00. The van der Waals surface area contributed by atoms with Crippen LogP contribution in [0, 0.1) is 0 Å². The number of alkyl halides is 4. The Labute approximate surface area is 224 Å². The molecule has 1 fully saturated rings. The van der Waals surface area contributed by atoms with Crippen molar-refractivity contribution in [2.24, 2.45) is 0 Å². The second kappa shape index (κ2) is 11.0. The van der Waals surface area contributed by atoms with Gasteiger partial charge in [0, 0.05) is 25.1 Å². The van der Waals surface area contributed by atoms with Crippen molar-refractivity contribution in [1.29, 1.82) is 0 Å². The number of hydrogen-bond donors (Lipinski definition) is 1. The number of nitrogens with one attached hydrogen (secondary N) is 1. The molecule has 2 amide bonds. The second-order valence-electron chi connectivity index (χ2n) is 8.80. The van der Waals surface area contributed by atoms with Crippen LogP contribution in [0.1, 0.15) is 39.3 Å². The number of rotatable bonds is 8. The van der Waals surface area contributed by atoms with E-state index in [1.807, 2.05) is 0 Å². The summed E-state index contributed by atoms with van der Waals surface area (Å²) in [5, 5.41) is 3.60. The molecule has 206 valence electrons. The fourth-order valence-corrected chi connectivity index (χ4v) is 4.74. The van der Waals surface area contributed by atoms with Gasteiger partial charge in [-0.1, -0.05) is 18.7 Å². The highest BCUT2D eigenvalue weighted by molar-refractivity contribution is 7.10. The minimum Gasteiger partial charge on any atom is -0.465 e. The van der Waals surface area contributed by atoms with Crippen LogP contribution in [-0.4, -0.2) is 53.8 Å². The number of aromatic nitrogens is 1. The van der Waals surface area contributed by atoms with Gasteiger partial charge in [0.15, 0.2) is 5.69 Å². The summed E-state index contributed by atoms with van der Waals surface area (Å²) in [5.41, 5.74) is 0.385. The first-order chi connectivity index (χ1) is 18.4. The predicted molar refractivity (Wildman–Crippen MR) is 133 cm³/mol. The third-order valence-corrected chi connectivity index (χ3v) is 7.01. The van der Waals surface area contributed by atoms with Crippen molar-refractivity contribution >= 4 is 34.7 Å². The van der Waals surface area contributed by atoms with Gasteiger partial charge in [-0.15, -0.1) is 11.3 Å². The number of benzene rings is 1. The van der Waals surface area contributed by atoms with E-state index >= 15 is 0 Å². The lowest BCUT2D eigenvalue weighted by Gasteiger charge is -2.31. The summed E-state index contributed by atoms with van der Waals surface area (Å²) >= 11 is 0.740. The van der Waals surface area contributed by atoms with Crippen molar-refractivity contribution in [1.82, 2.24) is 15.2 Å². The highest BCUT2D eigenvalue weighted by Gasteiger charge is 2.42. The van der Waals surface area contributed by atoms with E-state index in [-0.39, 0.29) is 59.8 Å². The molecule has 8 nitrogen and oxygen atoms in total. The molecule has 0 saturated carbocycles. The van der Waals surface area contributed by atoms with Gasteiger partial charge < -0.3 is 19.4 Å². The molecule has 1 N–H and O–H groups in total. The van der Waals surface area contributed by atoms with Gasteiger partial charge in [0.05, 0.1) is 24.1 Å². The number of carbonyl (C=O) groups is 3. The highest BCUT2D eigenvalue weighted by atomic mass is 32.1. The van der Waals surface area contributed by atoms with Gasteiger partial charge in [-0.05, 0) is 41.1 Å². The van der Waals surface area contributed by atoms with Crippen LogP contribution in [-0.2, 0) is 26.8 Å². The summed E-state index contributed by atoms with van der Waals surface area (Å²) in [6, 6.07) is 6.88. The van der Waals surface area contributed by atoms with Crippen LogP contribution >= 0.6 is 11.3 Å². The largest absolute Gasteiger partial charge is 0.465 e. The first-order valence-corrected chi connectivity index (χ1v) is 12.5. The van der Waals surface area contributed by atoms with Crippen LogP contribution in [0.2, 0.25) is 0 Å². The molecule has 1 aliphatic heterocycles. The molecule has 4 rings (SSSR count). The van der Waals surface area contributed by atoms with E-state index in [0.29, 0.717) is 0 Å². The molecule has 1 aromatic carbocycles. The molecule has 3 aromatic rings. The molecule has 1 saturated heterocycles. The lowest BCUT2D eigenvalue weighted by atomic mass is 9.97. The third-order valence-electron chi connectivity index (χ3n) is 6.07. The van der Waals surface area contributed by atoms with E-state index in [4.69, 9.17) is 9.15 Å². The Kier molecular flexibility index (Phi) is 7.91. The zero-order valence-electron chi connectivity index (χ0n) is 20.6. The molecule has 0 unspecified atom stereocenters. The van der Waals surface area contributed by atoms with Crippen LogP contribution in [0.5, 0.6) is 0 Å². The van der Waals surface area contributed by atoms with E-state index in [9.17, 15) is 31.9 Å². The number of carbonyl (C=O) groups excluding carboxylic acids is 3. The fraction of sp³-hybridized carbons (Fsp3) is 0.308. The number of piperidine rings is 1. The van der Waals surface area contributed by atoms with Crippen molar-refractivity contribution in [3.8, 4) is 11.5 Å². The van der Waals surface area contributed by atoms with Crippen LogP contribution in [0.25, 0.3) is 17.0 Å². The van der Waals surface area contributed by atoms with Gasteiger partial charge in [0.25, 0.3) is 17.7 Å². The number of methoxy groups -OCH3 is 1. The van der Waals surface area contributed by atoms with E-state index in [2.05, 4.69) is 16.9 Å². The Morgan fingerprint density at radius 3 is 2.72 bits per heavy atom. The normalized spacial score (nSPS) is 15.1. The zero-order chi connectivity index (χ0) is 28.4. The van der Waals surface area contributed by atoms with Crippen LogP contribution in [0.3, 0.4) is 0 Å². The van der Waals surface area contributed by atoms with Gasteiger partial charge in [-0.25, -0.2) is 18.6 Å². The van der Waals surface area contributed by atoms with Crippen molar-refractivity contribution in [2.75, 3.05) is 20.2 Å². The highest BCUT2D eigenvalue weighted by Crippen LogP contribution is 2.33. The molecule has 13 heteroatoms. The van der Waals surface area contributed by atoms with Crippen molar-refractivity contribution in [3.63, 3.8) is 0 Å². The molecule has 39 heavy (non-hydrogen) atoms. The topological polar surface area (TPSA) is 102 Å². The average molecular weight is 566 g/mol. The number of thiophene rings is 1. The summed E-state index contributed by atoms with van der Waals surface area (Å²) < 4.78 is 66.6. The van der Waals surface area contributed by atoms with Gasteiger partial charge in [0.1, 0.15) is 6.26 Å². The van der Waals surface area contributed by atoms with Crippen molar-refractivity contribution < 1.29 is 41.1 Å². The summed E-state index contributed by atoms with van der Waals surface area (Å²) in [5.74, 6) is -9.84. The molecule has 3 heterocycles. The number of amides is 2. The zero-order valence-corrected chi connectivity index (χ0v) is 21.5. The summed E-state index contributed by atoms with van der Waals surface area (Å²) in [6.45, 7) is 2.77. The molecule has 2 aromatic heterocycles. The maximum absolute atomic E-state index is 14.5. The number of likely N-dealkylation sites (tertiary alicyclic amines) is 1. The van der Waals surface area contributed by atoms with E-state index in [1.54, 1.807) is 0 Å². The predicted octanol–water partition coefficient (Wildman–Crippen LogP) is 4.87. The Balaban J connectivity index is 1.57. The third kappa shape index (κ3) is 6.03. The minimum absolute atomic E-state index is 0.0548. The molecule has 0 spiro atoms. The fourth-order valence-electron chi connectivity index (χ4n) is 4.04. The maximum atomic E-state index is 14.5. The number of ether oxygens (including phenoxy) is 1. The van der Waals surface area contributed by atoms with Gasteiger partial charge in [0.2, 0.25) is 5.89 Å². The quantitative estimate of drug-likeness (QED) is 0.238. The standard InChI is InChI=1S/C26H23F4N3O5S/c1-15(23(35)37-2)18-11-16(6-7-17(18)12-31-24(36)26(29,30)20-5-3-10-39-20)21-32-19(13-38-21)22(34)33-9-4-8-25(27,28)14-33/h3,5-7,10-11,13H,1,4,8-9,12,14H2,2H3,(H,31,36). The van der Waals surface area contributed by atoms with E-state index in [0.717, 1.165) is 35.7 Å². The minimum atomic E-state index is -3.76. The smallest absolute Gasteiger partial charge is 0.358 e. The van der Waals surface area contributed by atoms with Gasteiger partial charge >= 0.3 is 11.9 Å². The second-order valence-corrected chi connectivity index (χ2v) is 9.75. The number of hydrogen-bond acceptors (Lipinski definition) is 7. The summed E-state index contributed by atoms with van der Waals surface area (Å²) in [6.07, 6.45) is 0.895. The molecule has 0 radical (unpaired) electrons. The first kappa shape index (κ1) is 28.0. The van der Waals surface area contributed by atoms with Gasteiger partial charge in [-0.2, -0.15) is 8.78 Å². The lowest BCUT2D eigenvalue weighted by Crippen LogP contribution is -2.45. The number of halogens is 4. The first-order valence-electron chi connectivity index (χ1n) is 11.7. The van der Waals surface area contributed by atoms with Crippen LogP contribution in [0.4, 0.5) is 17.6 Å². The average Bonchev–Trinajstić information content (AvgIpc) is 3.63. The van der Waals surface area contributed by atoms with E-state index in [1.165, 1.54) is 29.6 Å². The Bertz CT molecular complexity index is 1400. The number of esters is 1. The molecular weight excluding hydrogens is 542 g/mol. The van der Waals surface area contributed by atoms with Crippen LogP contribution in [0.15, 0.2) is 53.0 Å². The SMILES string of the molecule is C=C(C(=O)OC)c1cc(-c2nc(C(=O)N3CCCC(F)(F)C3)co2)ccc1CNC(=O)C(F)(F)c1cccs1. The Morgan fingerprint density at radius 1 is 1.28 bits per heavy atom. The Morgan fingerprint density at radius 2 is 2.05 bits per heavy atom. The van der Waals surface area contributed by atoms with Crippen molar-refractivity contribution in [2.45, 2.75) is 31.2 Å². The van der Waals surface area contributed by atoms with Gasteiger partial charge in [-0.3, -0.25) is 9.59 Å². The van der Waals surface area contributed by atoms with Crippen LogP contribution < -0.4 is 5.32 Å². The van der Waals surface area contributed by atoms with E-state index < -0.39 is 41.1 Å². The number of nitrogens with zero attached hydrogens (tertiary/aromatic N) is 2. The summed E-state index contributed by atoms with van der Waals surface area (Å²) in [4.78, 5) is 41.9.